The van der Waals surface area contributed by atoms with Crippen LogP contribution in [-0.4, -0.2) is 32.6 Å². The molecule has 2 N–H and O–H groups in total. The van der Waals surface area contributed by atoms with Crippen LogP contribution in [0, 0.1) is 5.92 Å². The highest BCUT2D eigenvalue weighted by Gasteiger charge is 2.18. The van der Waals surface area contributed by atoms with Gasteiger partial charge < -0.3 is 9.73 Å². The van der Waals surface area contributed by atoms with Crippen molar-refractivity contribution in [1.29, 1.82) is 0 Å². The molecule has 1 atom stereocenters. The van der Waals surface area contributed by atoms with Crippen molar-refractivity contribution >= 4 is 21.1 Å². The molecule has 1 saturated heterocycles. The minimum absolute atomic E-state index is 0.112. The Morgan fingerprint density at radius 3 is 3.00 bits per heavy atom. The quantitative estimate of drug-likeness (QED) is 0.840. The molecule has 1 aliphatic rings. The number of aryl methyl sites for hydroxylation is 1. The van der Waals surface area contributed by atoms with E-state index in [0.29, 0.717) is 18.0 Å². The van der Waals surface area contributed by atoms with Crippen LogP contribution in [0.3, 0.4) is 0 Å². The number of fused-ring (bicyclic) bond motifs is 1. The first-order valence-electron chi connectivity index (χ1n) is 7.77. The van der Waals surface area contributed by atoms with Gasteiger partial charge in [-0.2, -0.15) is 0 Å². The summed E-state index contributed by atoms with van der Waals surface area (Å²) in [6.45, 7) is 2.40. The highest BCUT2D eigenvalue weighted by atomic mass is 32.2. The number of aromatic nitrogens is 1. The van der Waals surface area contributed by atoms with E-state index in [-0.39, 0.29) is 10.5 Å². The smallest absolute Gasteiger partial charge is 0.408 e. The number of hydrogen-bond donors (Lipinski definition) is 2. The molecule has 1 unspecified atom stereocenters. The van der Waals surface area contributed by atoms with Gasteiger partial charge >= 0.3 is 5.76 Å². The summed E-state index contributed by atoms with van der Waals surface area (Å²) in [6, 6.07) is 4.46. The summed E-state index contributed by atoms with van der Waals surface area (Å²) in [7, 11) is -2.02. The molecular weight excluding hydrogens is 318 g/mol. The van der Waals surface area contributed by atoms with E-state index >= 15 is 0 Å². The molecule has 23 heavy (non-hydrogen) atoms. The Morgan fingerprint density at radius 1 is 1.43 bits per heavy atom. The molecule has 1 fully saturated rings. The number of nitrogens with zero attached hydrogens (tertiary/aromatic N) is 1. The van der Waals surface area contributed by atoms with Crippen molar-refractivity contribution in [1.82, 2.24) is 14.6 Å². The van der Waals surface area contributed by atoms with Crippen molar-refractivity contribution in [3.8, 4) is 0 Å². The molecule has 0 bridgehead atoms. The number of nitrogens with one attached hydrogen (secondary N) is 2. The Balaban J connectivity index is 1.70. The molecule has 2 aromatic rings. The molecule has 7 nitrogen and oxygen atoms in total. The summed E-state index contributed by atoms with van der Waals surface area (Å²) < 4.78 is 33.7. The van der Waals surface area contributed by atoms with Crippen molar-refractivity contribution in [2.45, 2.75) is 24.2 Å². The van der Waals surface area contributed by atoms with Crippen LogP contribution in [0.4, 0.5) is 0 Å². The Morgan fingerprint density at radius 2 is 2.26 bits per heavy atom. The number of sulfonamides is 1. The van der Waals surface area contributed by atoms with Crippen LogP contribution in [0.25, 0.3) is 11.1 Å². The van der Waals surface area contributed by atoms with Crippen LogP contribution in [0.1, 0.15) is 19.3 Å². The van der Waals surface area contributed by atoms with Crippen LogP contribution in [0.2, 0.25) is 0 Å². The van der Waals surface area contributed by atoms with E-state index in [1.807, 2.05) is 0 Å². The molecule has 1 aromatic heterocycles. The molecule has 0 radical (unpaired) electrons. The summed E-state index contributed by atoms with van der Waals surface area (Å²) in [5.41, 5.74) is 0.846. The van der Waals surface area contributed by atoms with Gasteiger partial charge in [0.2, 0.25) is 10.0 Å². The Kier molecular flexibility index (Phi) is 4.56. The van der Waals surface area contributed by atoms with E-state index in [0.717, 1.165) is 32.4 Å². The summed E-state index contributed by atoms with van der Waals surface area (Å²) >= 11 is 0. The largest absolute Gasteiger partial charge is 0.419 e. The second kappa shape index (κ2) is 6.46. The van der Waals surface area contributed by atoms with Crippen LogP contribution in [0.15, 0.2) is 32.3 Å². The molecule has 0 saturated carbocycles. The maximum Gasteiger partial charge on any atom is 0.419 e. The lowest BCUT2D eigenvalue weighted by Crippen LogP contribution is -2.33. The maximum atomic E-state index is 12.4. The molecule has 126 valence electrons. The summed E-state index contributed by atoms with van der Waals surface area (Å²) in [6.07, 6.45) is 3.09. The molecule has 1 aliphatic heterocycles. The van der Waals surface area contributed by atoms with Crippen molar-refractivity contribution < 1.29 is 12.8 Å². The Hall–Kier alpha value is -1.64. The number of oxazole rings is 1. The van der Waals surface area contributed by atoms with Gasteiger partial charge in [-0.25, -0.2) is 17.9 Å². The molecule has 0 spiro atoms. The standard InChI is InChI=1S/C15H21N3O4S/c1-18-13-5-4-12(9-14(13)22-15(18)19)23(20,21)17-8-6-11-3-2-7-16-10-11/h4-5,9,11,16-17H,2-3,6-8,10H2,1H3. The third kappa shape index (κ3) is 3.49. The third-order valence-electron chi connectivity index (χ3n) is 4.32. The number of benzene rings is 1. The molecule has 0 amide bonds. The fraction of sp³-hybridized carbons (Fsp3) is 0.533. The van der Waals surface area contributed by atoms with E-state index in [2.05, 4.69) is 10.0 Å². The zero-order valence-corrected chi connectivity index (χ0v) is 13.9. The summed E-state index contributed by atoms with van der Waals surface area (Å²) in [4.78, 5) is 11.6. The predicted octanol–water partition coefficient (Wildman–Crippen LogP) is 0.799. The molecule has 3 rings (SSSR count). The van der Waals surface area contributed by atoms with Gasteiger partial charge in [0.05, 0.1) is 10.4 Å². The highest BCUT2D eigenvalue weighted by molar-refractivity contribution is 7.89. The summed E-state index contributed by atoms with van der Waals surface area (Å²) in [5, 5.41) is 3.32. The van der Waals surface area contributed by atoms with Gasteiger partial charge in [0.1, 0.15) is 0 Å². The van der Waals surface area contributed by atoms with E-state index < -0.39 is 15.8 Å². The number of rotatable bonds is 5. The average Bonchev–Trinajstić information content (AvgIpc) is 2.82. The van der Waals surface area contributed by atoms with Gasteiger partial charge in [-0.1, -0.05) is 0 Å². The molecular formula is C15H21N3O4S. The lowest BCUT2D eigenvalue weighted by atomic mass is 9.96. The topological polar surface area (TPSA) is 93.3 Å². The van der Waals surface area contributed by atoms with Crippen LogP contribution in [-0.2, 0) is 17.1 Å². The first-order chi connectivity index (χ1) is 11.0. The predicted molar refractivity (Wildman–Crippen MR) is 86.9 cm³/mol. The minimum Gasteiger partial charge on any atom is -0.408 e. The van der Waals surface area contributed by atoms with E-state index in [1.54, 1.807) is 13.1 Å². The molecule has 2 heterocycles. The van der Waals surface area contributed by atoms with Crippen molar-refractivity contribution in [3.63, 3.8) is 0 Å². The summed E-state index contributed by atoms with van der Waals surface area (Å²) in [5.74, 6) is 0.00776. The number of piperidine rings is 1. The van der Waals surface area contributed by atoms with E-state index in [4.69, 9.17) is 4.42 Å². The van der Waals surface area contributed by atoms with Gasteiger partial charge in [-0.05, 0) is 50.4 Å². The number of hydrogen-bond acceptors (Lipinski definition) is 5. The normalized spacial score (nSPS) is 19.3. The lowest BCUT2D eigenvalue weighted by Gasteiger charge is -2.22. The van der Waals surface area contributed by atoms with Crippen molar-refractivity contribution in [3.05, 3.63) is 28.7 Å². The SMILES string of the molecule is Cn1c(=O)oc2cc(S(=O)(=O)NCCC3CCCNC3)ccc21. The van der Waals surface area contributed by atoms with E-state index in [9.17, 15) is 13.2 Å². The Bertz CT molecular complexity index is 847. The molecule has 8 heteroatoms. The van der Waals surface area contributed by atoms with Gasteiger partial charge in [-0.15, -0.1) is 0 Å². The first kappa shape index (κ1) is 16.2. The fourth-order valence-corrected chi connectivity index (χ4v) is 4.00. The van der Waals surface area contributed by atoms with Gasteiger partial charge in [-0.3, -0.25) is 4.57 Å². The average molecular weight is 339 g/mol. The van der Waals surface area contributed by atoms with Crippen LogP contribution < -0.4 is 15.8 Å². The van der Waals surface area contributed by atoms with Gasteiger partial charge in [0.15, 0.2) is 5.58 Å². The molecule has 0 aliphatic carbocycles. The van der Waals surface area contributed by atoms with Crippen LogP contribution >= 0.6 is 0 Å². The maximum absolute atomic E-state index is 12.4. The van der Waals surface area contributed by atoms with E-state index in [1.165, 1.54) is 16.7 Å². The van der Waals surface area contributed by atoms with Gasteiger partial charge in [0.25, 0.3) is 0 Å². The van der Waals surface area contributed by atoms with Crippen molar-refractivity contribution in [2.75, 3.05) is 19.6 Å². The monoisotopic (exact) mass is 339 g/mol. The first-order valence-corrected chi connectivity index (χ1v) is 9.25. The van der Waals surface area contributed by atoms with Crippen LogP contribution in [0.5, 0.6) is 0 Å². The zero-order chi connectivity index (χ0) is 16.4. The van der Waals surface area contributed by atoms with Crippen molar-refractivity contribution in [2.24, 2.45) is 13.0 Å². The van der Waals surface area contributed by atoms with Gasteiger partial charge in [0, 0.05) is 19.7 Å². The minimum atomic E-state index is -3.60. The molecule has 1 aromatic carbocycles. The second-order valence-corrected chi connectivity index (χ2v) is 7.72. The highest BCUT2D eigenvalue weighted by Crippen LogP contribution is 2.18. The Labute approximate surface area is 134 Å². The lowest BCUT2D eigenvalue weighted by molar-refractivity contribution is 0.358. The zero-order valence-electron chi connectivity index (χ0n) is 13.0. The fourth-order valence-electron chi connectivity index (χ4n) is 2.93. The second-order valence-electron chi connectivity index (χ2n) is 5.96. The third-order valence-corrected chi connectivity index (χ3v) is 5.78.